The summed E-state index contributed by atoms with van der Waals surface area (Å²) in [7, 11) is 1.67. The Morgan fingerprint density at radius 1 is 1.14 bits per heavy atom. The molecule has 1 heterocycles. The first-order chi connectivity index (χ1) is 13.6. The monoisotopic (exact) mass is 390 g/mol. The van der Waals surface area contributed by atoms with E-state index < -0.39 is 6.10 Å². The van der Waals surface area contributed by atoms with E-state index in [9.17, 15) is 5.11 Å². The summed E-state index contributed by atoms with van der Waals surface area (Å²) in [6.07, 6.45) is 6.47. The minimum Gasteiger partial charge on any atom is -0.493 e. The molecule has 1 N–H and O–H groups in total. The highest BCUT2D eigenvalue weighted by Crippen LogP contribution is 2.45. The molecule has 1 saturated heterocycles. The van der Waals surface area contributed by atoms with Crippen molar-refractivity contribution in [3.8, 4) is 11.5 Å². The molecule has 1 aliphatic carbocycles. The highest BCUT2D eigenvalue weighted by Gasteiger charge is 2.39. The van der Waals surface area contributed by atoms with E-state index in [4.69, 9.17) is 9.47 Å². The average molecular weight is 391 g/mol. The minimum atomic E-state index is -0.505. The fraction of sp³-hybridized carbons (Fsp3) is 0.739. The molecule has 3 rings (SSSR count). The maximum Gasteiger partial charge on any atom is 0.161 e. The molecular formula is C23H38N2O3. The summed E-state index contributed by atoms with van der Waals surface area (Å²) in [5.74, 6) is 1.46. The predicted molar refractivity (Wildman–Crippen MR) is 113 cm³/mol. The number of hydrogen-bond donors (Lipinski definition) is 1. The molecule has 5 heteroatoms. The van der Waals surface area contributed by atoms with Crippen LogP contribution in [0.25, 0.3) is 0 Å². The van der Waals surface area contributed by atoms with Gasteiger partial charge >= 0.3 is 0 Å². The van der Waals surface area contributed by atoms with Gasteiger partial charge in [-0.2, -0.15) is 0 Å². The Balaban J connectivity index is 1.57. The molecule has 28 heavy (non-hydrogen) atoms. The Hall–Kier alpha value is -1.30. The number of aliphatic hydroxyl groups is 1. The first kappa shape index (κ1) is 21.4. The van der Waals surface area contributed by atoms with Crippen LogP contribution in [-0.2, 0) is 6.54 Å². The molecule has 5 nitrogen and oxygen atoms in total. The lowest BCUT2D eigenvalue weighted by Gasteiger charge is -2.24. The lowest BCUT2D eigenvalue weighted by atomic mass is 9.86. The van der Waals surface area contributed by atoms with Crippen LogP contribution in [0.1, 0.15) is 51.5 Å². The molecular weight excluding hydrogens is 352 g/mol. The van der Waals surface area contributed by atoms with Crippen molar-refractivity contribution in [3.05, 3.63) is 23.8 Å². The lowest BCUT2D eigenvalue weighted by Crippen LogP contribution is -2.35. The maximum atomic E-state index is 10.3. The number of aliphatic hydroxyl groups excluding tert-OH is 1. The molecule has 0 radical (unpaired) electrons. The molecule has 1 aromatic carbocycles. The number of hydrogen-bond acceptors (Lipinski definition) is 5. The van der Waals surface area contributed by atoms with E-state index in [2.05, 4.69) is 35.8 Å². The molecule has 1 aromatic rings. The molecule has 1 unspecified atom stereocenters. The van der Waals surface area contributed by atoms with Crippen LogP contribution in [0.2, 0.25) is 0 Å². The summed E-state index contributed by atoms with van der Waals surface area (Å²) in [6, 6.07) is 6.21. The second kappa shape index (κ2) is 9.95. The van der Waals surface area contributed by atoms with E-state index in [1.54, 1.807) is 7.11 Å². The summed E-state index contributed by atoms with van der Waals surface area (Å²) in [5.41, 5.74) is 1.85. The van der Waals surface area contributed by atoms with Gasteiger partial charge in [0.1, 0.15) is 12.7 Å². The van der Waals surface area contributed by atoms with Crippen LogP contribution in [0.5, 0.6) is 11.5 Å². The van der Waals surface area contributed by atoms with E-state index in [1.807, 2.05) is 6.07 Å². The van der Waals surface area contributed by atoms with Crippen LogP contribution in [0.15, 0.2) is 18.2 Å². The molecule has 1 spiro atoms. The predicted octanol–water partition coefficient (Wildman–Crippen LogP) is 3.54. The van der Waals surface area contributed by atoms with Crippen LogP contribution in [0.3, 0.4) is 0 Å². The van der Waals surface area contributed by atoms with Gasteiger partial charge in [0.05, 0.1) is 7.11 Å². The van der Waals surface area contributed by atoms with Crippen molar-refractivity contribution in [1.82, 2.24) is 9.80 Å². The van der Waals surface area contributed by atoms with Crippen molar-refractivity contribution in [3.63, 3.8) is 0 Å². The number of likely N-dealkylation sites (tertiary alicyclic amines) is 1. The summed E-state index contributed by atoms with van der Waals surface area (Å²) in [5, 5.41) is 10.3. The van der Waals surface area contributed by atoms with E-state index in [-0.39, 0.29) is 6.61 Å². The van der Waals surface area contributed by atoms with Crippen molar-refractivity contribution in [2.75, 3.05) is 46.4 Å². The van der Waals surface area contributed by atoms with E-state index >= 15 is 0 Å². The quantitative estimate of drug-likeness (QED) is 0.662. The van der Waals surface area contributed by atoms with Crippen molar-refractivity contribution in [2.24, 2.45) is 5.41 Å². The van der Waals surface area contributed by atoms with Crippen molar-refractivity contribution in [2.45, 2.75) is 58.6 Å². The van der Waals surface area contributed by atoms with E-state index in [1.165, 1.54) is 50.8 Å². The maximum absolute atomic E-state index is 10.3. The number of nitrogens with zero attached hydrogens (tertiary/aromatic N) is 2. The Kier molecular flexibility index (Phi) is 7.61. The molecule has 1 saturated carbocycles. The van der Waals surface area contributed by atoms with Crippen LogP contribution < -0.4 is 9.47 Å². The van der Waals surface area contributed by atoms with E-state index in [0.717, 1.165) is 31.1 Å². The third kappa shape index (κ3) is 5.40. The highest BCUT2D eigenvalue weighted by molar-refractivity contribution is 5.43. The fourth-order valence-corrected chi connectivity index (χ4v) is 4.90. The zero-order valence-electron chi connectivity index (χ0n) is 18.0. The zero-order chi connectivity index (χ0) is 20.0. The smallest absolute Gasteiger partial charge is 0.161 e. The topological polar surface area (TPSA) is 45.2 Å². The van der Waals surface area contributed by atoms with Gasteiger partial charge in [0, 0.05) is 19.6 Å². The minimum absolute atomic E-state index is 0.281. The molecule has 2 fully saturated rings. The number of ether oxygens (including phenoxy) is 2. The third-order valence-electron chi connectivity index (χ3n) is 6.61. The van der Waals surface area contributed by atoms with E-state index in [0.29, 0.717) is 12.0 Å². The van der Waals surface area contributed by atoms with Gasteiger partial charge in [0.2, 0.25) is 0 Å². The zero-order valence-corrected chi connectivity index (χ0v) is 18.0. The van der Waals surface area contributed by atoms with Gasteiger partial charge < -0.3 is 19.5 Å². The standard InChI is InChI=1S/C23H38N2O3/c1-4-24(5-2)16-20(26)17-28-22-14-19(8-9-21(22)27-3)15-25-13-12-23(18-25)10-6-7-11-23/h8-9,14,20,26H,4-7,10-13,15-18H2,1-3H3. The summed E-state index contributed by atoms with van der Waals surface area (Å²) >= 11 is 0. The second-order valence-corrected chi connectivity index (χ2v) is 8.60. The average Bonchev–Trinajstić information content (AvgIpc) is 3.34. The molecule has 158 valence electrons. The highest BCUT2D eigenvalue weighted by atomic mass is 16.5. The SMILES string of the molecule is CCN(CC)CC(O)COc1cc(CN2CCC3(CCCC3)C2)ccc1OC. The molecule has 0 bridgehead atoms. The summed E-state index contributed by atoms with van der Waals surface area (Å²) in [6.45, 7) is 10.4. The molecule has 2 aliphatic rings. The van der Waals surface area contributed by atoms with Crippen LogP contribution in [0.4, 0.5) is 0 Å². The van der Waals surface area contributed by atoms with Gasteiger partial charge in [-0.1, -0.05) is 32.8 Å². The largest absolute Gasteiger partial charge is 0.493 e. The third-order valence-corrected chi connectivity index (χ3v) is 6.61. The fourth-order valence-electron chi connectivity index (χ4n) is 4.90. The number of methoxy groups -OCH3 is 1. The Morgan fingerprint density at radius 3 is 2.57 bits per heavy atom. The molecule has 1 aliphatic heterocycles. The molecule has 0 aromatic heterocycles. The van der Waals surface area contributed by atoms with Crippen LogP contribution in [0, 0.1) is 5.41 Å². The Labute approximate surface area is 170 Å². The van der Waals surface area contributed by atoms with Gasteiger partial charge in [0.25, 0.3) is 0 Å². The van der Waals surface area contributed by atoms with Gasteiger partial charge in [-0.3, -0.25) is 4.90 Å². The number of rotatable bonds is 10. The number of likely N-dealkylation sites (N-methyl/N-ethyl adjacent to an activating group) is 1. The van der Waals surface area contributed by atoms with Crippen molar-refractivity contribution < 1.29 is 14.6 Å². The van der Waals surface area contributed by atoms with Crippen LogP contribution >= 0.6 is 0 Å². The van der Waals surface area contributed by atoms with Crippen molar-refractivity contribution in [1.29, 1.82) is 0 Å². The van der Waals surface area contributed by atoms with Gasteiger partial charge in [-0.05, 0) is 62.0 Å². The Morgan fingerprint density at radius 2 is 1.89 bits per heavy atom. The first-order valence-corrected chi connectivity index (χ1v) is 11.0. The van der Waals surface area contributed by atoms with Crippen molar-refractivity contribution >= 4 is 0 Å². The molecule has 0 amide bonds. The van der Waals surface area contributed by atoms with Gasteiger partial charge in [0.15, 0.2) is 11.5 Å². The normalized spacial score (nSPS) is 20.2. The second-order valence-electron chi connectivity index (χ2n) is 8.60. The lowest BCUT2D eigenvalue weighted by molar-refractivity contribution is 0.0705. The van der Waals surface area contributed by atoms with Gasteiger partial charge in [-0.15, -0.1) is 0 Å². The number of benzene rings is 1. The van der Waals surface area contributed by atoms with Gasteiger partial charge in [-0.25, -0.2) is 0 Å². The summed E-state index contributed by atoms with van der Waals surface area (Å²) < 4.78 is 11.4. The summed E-state index contributed by atoms with van der Waals surface area (Å²) in [4.78, 5) is 4.79. The molecule has 1 atom stereocenters. The Bertz CT molecular complexity index is 612. The first-order valence-electron chi connectivity index (χ1n) is 11.0. The van der Waals surface area contributed by atoms with Crippen LogP contribution in [-0.4, -0.2) is 67.5 Å².